The molecule has 0 aliphatic carbocycles. The molecule has 0 atom stereocenters. The van der Waals surface area contributed by atoms with Gasteiger partial charge in [0.15, 0.2) is 0 Å². The van der Waals surface area contributed by atoms with Crippen molar-refractivity contribution in [2.24, 2.45) is 0 Å². The Hall–Kier alpha value is -2.36. The molecule has 0 saturated heterocycles. The minimum absolute atomic E-state index is 0.00844. The lowest BCUT2D eigenvalue weighted by atomic mass is 10.1. The maximum atomic E-state index is 12.6. The Bertz CT molecular complexity index is 596. The SMILES string of the molecule is CCN(Cc1ccncc1)C(=O)c1cccc(N)c1C. The quantitative estimate of drug-likeness (QED) is 0.868. The van der Waals surface area contributed by atoms with Crippen molar-refractivity contribution in [1.82, 2.24) is 9.88 Å². The lowest BCUT2D eigenvalue weighted by Crippen LogP contribution is -2.31. The molecule has 1 heterocycles. The van der Waals surface area contributed by atoms with Crippen LogP contribution >= 0.6 is 0 Å². The smallest absolute Gasteiger partial charge is 0.254 e. The molecule has 0 aliphatic heterocycles. The fraction of sp³-hybridized carbons (Fsp3) is 0.250. The molecule has 0 saturated carbocycles. The third kappa shape index (κ3) is 2.96. The van der Waals surface area contributed by atoms with Crippen molar-refractivity contribution in [1.29, 1.82) is 0 Å². The van der Waals surface area contributed by atoms with E-state index >= 15 is 0 Å². The van der Waals surface area contributed by atoms with E-state index in [0.29, 0.717) is 24.3 Å². The van der Waals surface area contributed by atoms with E-state index in [2.05, 4.69) is 4.98 Å². The summed E-state index contributed by atoms with van der Waals surface area (Å²) in [5.41, 5.74) is 9.10. The van der Waals surface area contributed by atoms with Gasteiger partial charge in [-0.2, -0.15) is 0 Å². The van der Waals surface area contributed by atoms with E-state index in [1.165, 1.54) is 0 Å². The van der Waals surface area contributed by atoms with Crippen molar-refractivity contribution in [3.8, 4) is 0 Å². The van der Waals surface area contributed by atoms with E-state index in [1.807, 2.05) is 44.2 Å². The predicted octanol–water partition coefficient (Wildman–Crippen LogP) is 2.63. The summed E-state index contributed by atoms with van der Waals surface area (Å²) in [7, 11) is 0. The van der Waals surface area contributed by atoms with Crippen LogP contribution in [0.1, 0.15) is 28.4 Å². The number of rotatable bonds is 4. The summed E-state index contributed by atoms with van der Waals surface area (Å²) in [6.45, 7) is 5.07. The lowest BCUT2D eigenvalue weighted by molar-refractivity contribution is 0.0752. The highest BCUT2D eigenvalue weighted by Gasteiger charge is 2.17. The molecule has 1 amide bonds. The maximum Gasteiger partial charge on any atom is 0.254 e. The molecule has 0 aliphatic rings. The molecular formula is C16H19N3O. The first-order valence-corrected chi connectivity index (χ1v) is 6.66. The number of amides is 1. The number of hydrogen-bond donors (Lipinski definition) is 1. The number of benzene rings is 1. The second kappa shape index (κ2) is 6.19. The van der Waals surface area contributed by atoms with E-state index in [9.17, 15) is 4.79 Å². The third-order valence-corrected chi connectivity index (χ3v) is 3.40. The summed E-state index contributed by atoms with van der Waals surface area (Å²) in [4.78, 5) is 18.4. The summed E-state index contributed by atoms with van der Waals surface area (Å²) in [6.07, 6.45) is 3.47. The first-order chi connectivity index (χ1) is 9.63. The molecule has 4 nitrogen and oxygen atoms in total. The Morgan fingerprint density at radius 3 is 2.60 bits per heavy atom. The second-order valence-electron chi connectivity index (χ2n) is 4.69. The van der Waals surface area contributed by atoms with Crippen molar-refractivity contribution in [3.63, 3.8) is 0 Å². The van der Waals surface area contributed by atoms with Crippen molar-refractivity contribution in [2.45, 2.75) is 20.4 Å². The molecule has 0 radical (unpaired) electrons. The Morgan fingerprint density at radius 2 is 1.95 bits per heavy atom. The monoisotopic (exact) mass is 269 g/mol. The Kier molecular flexibility index (Phi) is 4.35. The van der Waals surface area contributed by atoms with Crippen LogP contribution in [0.4, 0.5) is 5.69 Å². The fourth-order valence-corrected chi connectivity index (χ4v) is 2.09. The number of nitrogen functional groups attached to an aromatic ring is 1. The van der Waals surface area contributed by atoms with Gasteiger partial charge in [0.25, 0.3) is 5.91 Å². The van der Waals surface area contributed by atoms with Gasteiger partial charge in [0.2, 0.25) is 0 Å². The standard InChI is InChI=1S/C16H19N3O/c1-3-19(11-13-7-9-18-10-8-13)16(20)14-5-4-6-15(17)12(14)2/h4-10H,3,11,17H2,1-2H3. The topological polar surface area (TPSA) is 59.2 Å². The van der Waals surface area contributed by atoms with Gasteiger partial charge in [-0.1, -0.05) is 6.07 Å². The number of hydrogen-bond acceptors (Lipinski definition) is 3. The van der Waals surface area contributed by atoms with Crippen molar-refractivity contribution >= 4 is 11.6 Å². The zero-order valence-corrected chi connectivity index (χ0v) is 11.8. The molecular weight excluding hydrogens is 250 g/mol. The molecule has 0 spiro atoms. The molecule has 2 N–H and O–H groups in total. The Labute approximate surface area is 119 Å². The summed E-state index contributed by atoms with van der Waals surface area (Å²) in [6, 6.07) is 9.29. The van der Waals surface area contributed by atoms with Gasteiger partial charge in [0, 0.05) is 36.7 Å². The first-order valence-electron chi connectivity index (χ1n) is 6.66. The highest BCUT2D eigenvalue weighted by atomic mass is 16.2. The molecule has 0 fully saturated rings. The van der Waals surface area contributed by atoms with Crippen molar-refractivity contribution in [3.05, 3.63) is 59.4 Å². The largest absolute Gasteiger partial charge is 0.398 e. The van der Waals surface area contributed by atoms with Gasteiger partial charge in [-0.15, -0.1) is 0 Å². The van der Waals surface area contributed by atoms with E-state index in [0.717, 1.165) is 11.1 Å². The molecule has 1 aromatic carbocycles. The zero-order chi connectivity index (χ0) is 14.5. The minimum Gasteiger partial charge on any atom is -0.398 e. The number of nitrogens with zero attached hydrogens (tertiary/aromatic N) is 2. The maximum absolute atomic E-state index is 12.6. The molecule has 2 aromatic rings. The van der Waals surface area contributed by atoms with Gasteiger partial charge >= 0.3 is 0 Å². The minimum atomic E-state index is 0.00844. The highest BCUT2D eigenvalue weighted by Crippen LogP contribution is 2.18. The summed E-state index contributed by atoms with van der Waals surface area (Å²) >= 11 is 0. The van der Waals surface area contributed by atoms with E-state index in [-0.39, 0.29) is 5.91 Å². The molecule has 20 heavy (non-hydrogen) atoms. The van der Waals surface area contributed by atoms with Crippen molar-refractivity contribution < 1.29 is 4.79 Å². The summed E-state index contributed by atoms with van der Waals surface area (Å²) in [5, 5.41) is 0. The van der Waals surface area contributed by atoms with Crippen LogP contribution in [0.2, 0.25) is 0 Å². The van der Waals surface area contributed by atoms with Crippen LogP contribution in [0.15, 0.2) is 42.7 Å². The highest BCUT2D eigenvalue weighted by molar-refractivity contribution is 5.96. The predicted molar refractivity (Wildman–Crippen MR) is 80.2 cm³/mol. The number of carbonyl (C=O) groups excluding carboxylic acids is 1. The lowest BCUT2D eigenvalue weighted by Gasteiger charge is -2.22. The molecule has 4 heteroatoms. The van der Waals surface area contributed by atoms with E-state index < -0.39 is 0 Å². The molecule has 2 rings (SSSR count). The average Bonchev–Trinajstić information content (AvgIpc) is 2.48. The van der Waals surface area contributed by atoms with Gasteiger partial charge in [0.1, 0.15) is 0 Å². The first kappa shape index (κ1) is 14.1. The number of anilines is 1. The second-order valence-corrected chi connectivity index (χ2v) is 4.69. The number of carbonyl (C=O) groups is 1. The van der Waals surface area contributed by atoms with Gasteiger partial charge in [0.05, 0.1) is 0 Å². The summed E-state index contributed by atoms with van der Waals surface area (Å²) < 4.78 is 0. The fourth-order valence-electron chi connectivity index (χ4n) is 2.09. The van der Waals surface area contributed by atoms with E-state index in [1.54, 1.807) is 17.3 Å². The van der Waals surface area contributed by atoms with Gasteiger partial charge < -0.3 is 10.6 Å². The van der Waals surface area contributed by atoms with Crippen molar-refractivity contribution in [2.75, 3.05) is 12.3 Å². The molecule has 0 unspecified atom stereocenters. The molecule has 104 valence electrons. The Balaban J connectivity index is 2.23. The number of pyridine rings is 1. The van der Waals surface area contributed by atoms with Gasteiger partial charge in [-0.25, -0.2) is 0 Å². The normalized spacial score (nSPS) is 10.3. The number of nitrogens with two attached hydrogens (primary N) is 1. The van der Waals surface area contributed by atoms with Gasteiger partial charge in [-0.05, 0) is 49.2 Å². The van der Waals surface area contributed by atoms with Crippen LogP contribution in [0.25, 0.3) is 0 Å². The van der Waals surface area contributed by atoms with Crippen LogP contribution in [-0.2, 0) is 6.54 Å². The van der Waals surface area contributed by atoms with Crippen LogP contribution in [0.3, 0.4) is 0 Å². The molecule has 1 aromatic heterocycles. The number of aromatic nitrogens is 1. The van der Waals surface area contributed by atoms with Crippen LogP contribution in [0.5, 0.6) is 0 Å². The summed E-state index contributed by atoms with van der Waals surface area (Å²) in [5.74, 6) is 0.00844. The van der Waals surface area contributed by atoms with E-state index in [4.69, 9.17) is 5.73 Å². The molecule has 0 bridgehead atoms. The van der Waals surface area contributed by atoms with Crippen LogP contribution in [-0.4, -0.2) is 22.3 Å². The Morgan fingerprint density at radius 1 is 1.25 bits per heavy atom. The third-order valence-electron chi connectivity index (χ3n) is 3.40. The van der Waals surface area contributed by atoms with Gasteiger partial charge in [-0.3, -0.25) is 9.78 Å². The van der Waals surface area contributed by atoms with Crippen LogP contribution in [0, 0.1) is 6.92 Å². The average molecular weight is 269 g/mol. The zero-order valence-electron chi connectivity index (χ0n) is 11.8. The van der Waals surface area contributed by atoms with Crippen LogP contribution < -0.4 is 5.73 Å².